The van der Waals surface area contributed by atoms with E-state index in [9.17, 15) is 4.39 Å². The van der Waals surface area contributed by atoms with Crippen molar-refractivity contribution in [2.45, 2.75) is 25.3 Å². The molecule has 3 rings (SSSR count). The molecule has 110 valence electrons. The third-order valence-corrected chi connectivity index (χ3v) is 4.80. The Bertz CT molecular complexity index is 475. The largest absolute Gasteiger partial charge is 0.367 e. The standard InChI is InChI=1S/C16H24FN3/c1-16(6-3-7-18-16)13-4-5-15(14(17)12-13)20-10-8-19(2)9-11-20/h4-5,12,18H,3,6-11H2,1-2H3. The highest BCUT2D eigenvalue weighted by Gasteiger charge is 2.30. The first-order valence-electron chi connectivity index (χ1n) is 7.57. The van der Waals surface area contributed by atoms with Crippen molar-refractivity contribution >= 4 is 5.69 Å². The lowest BCUT2D eigenvalue weighted by Crippen LogP contribution is -2.44. The van der Waals surface area contributed by atoms with Gasteiger partial charge in [-0.15, -0.1) is 0 Å². The van der Waals surface area contributed by atoms with Gasteiger partial charge in [0.15, 0.2) is 0 Å². The number of halogens is 1. The predicted octanol–water partition coefficient (Wildman–Crippen LogP) is 2.18. The monoisotopic (exact) mass is 277 g/mol. The van der Waals surface area contributed by atoms with Crippen molar-refractivity contribution in [1.82, 2.24) is 10.2 Å². The summed E-state index contributed by atoms with van der Waals surface area (Å²) in [4.78, 5) is 4.44. The third kappa shape index (κ3) is 2.54. The lowest BCUT2D eigenvalue weighted by Gasteiger charge is -2.34. The zero-order valence-electron chi connectivity index (χ0n) is 12.5. The number of likely N-dealkylation sites (N-methyl/N-ethyl adjacent to an activating group) is 1. The molecule has 1 N–H and O–H groups in total. The van der Waals surface area contributed by atoms with Crippen LogP contribution in [-0.2, 0) is 5.54 Å². The van der Waals surface area contributed by atoms with Gasteiger partial charge in [-0.1, -0.05) is 6.07 Å². The number of hydrogen-bond donors (Lipinski definition) is 1. The number of benzene rings is 1. The van der Waals surface area contributed by atoms with Gasteiger partial charge in [0.2, 0.25) is 0 Å². The summed E-state index contributed by atoms with van der Waals surface area (Å²) in [5.41, 5.74) is 1.77. The molecule has 20 heavy (non-hydrogen) atoms. The van der Waals surface area contributed by atoms with Gasteiger partial charge in [0, 0.05) is 31.7 Å². The maximum absolute atomic E-state index is 14.5. The van der Waals surface area contributed by atoms with Crippen LogP contribution in [0.5, 0.6) is 0 Å². The highest BCUT2D eigenvalue weighted by atomic mass is 19.1. The Morgan fingerprint density at radius 1 is 1.20 bits per heavy atom. The van der Waals surface area contributed by atoms with Crippen molar-refractivity contribution in [3.8, 4) is 0 Å². The van der Waals surface area contributed by atoms with Gasteiger partial charge in [-0.3, -0.25) is 0 Å². The number of nitrogens with one attached hydrogen (secondary N) is 1. The molecular weight excluding hydrogens is 253 g/mol. The fourth-order valence-corrected chi connectivity index (χ4v) is 3.29. The van der Waals surface area contributed by atoms with Crippen LogP contribution in [0.2, 0.25) is 0 Å². The first kappa shape index (κ1) is 13.8. The van der Waals surface area contributed by atoms with Crippen LogP contribution in [-0.4, -0.2) is 44.7 Å². The van der Waals surface area contributed by atoms with E-state index in [1.807, 2.05) is 6.07 Å². The average molecular weight is 277 g/mol. The van der Waals surface area contributed by atoms with Crippen LogP contribution in [0.4, 0.5) is 10.1 Å². The molecule has 2 heterocycles. The summed E-state index contributed by atoms with van der Waals surface area (Å²) in [6.45, 7) is 7.01. The second kappa shape index (κ2) is 5.34. The van der Waals surface area contributed by atoms with Crippen molar-refractivity contribution in [3.63, 3.8) is 0 Å². The molecule has 0 amide bonds. The van der Waals surface area contributed by atoms with E-state index in [4.69, 9.17) is 0 Å². The van der Waals surface area contributed by atoms with Gasteiger partial charge >= 0.3 is 0 Å². The van der Waals surface area contributed by atoms with E-state index in [0.29, 0.717) is 0 Å². The molecule has 3 nitrogen and oxygen atoms in total. The summed E-state index contributed by atoms with van der Waals surface area (Å²) in [6, 6.07) is 5.78. The van der Waals surface area contributed by atoms with E-state index in [2.05, 4.69) is 35.2 Å². The highest BCUT2D eigenvalue weighted by Crippen LogP contribution is 2.33. The number of piperazine rings is 1. The van der Waals surface area contributed by atoms with E-state index in [1.165, 1.54) is 6.42 Å². The van der Waals surface area contributed by atoms with Gasteiger partial charge in [-0.05, 0) is 51.1 Å². The Hall–Kier alpha value is -1.13. The Morgan fingerprint density at radius 2 is 1.95 bits per heavy atom. The molecular formula is C16H24FN3. The van der Waals surface area contributed by atoms with Crippen LogP contribution in [0.3, 0.4) is 0 Å². The molecule has 0 aliphatic carbocycles. The smallest absolute Gasteiger partial charge is 0.146 e. The molecule has 0 radical (unpaired) electrons. The predicted molar refractivity (Wildman–Crippen MR) is 80.7 cm³/mol. The number of anilines is 1. The van der Waals surface area contributed by atoms with Crippen LogP contribution in [0, 0.1) is 5.82 Å². The zero-order chi connectivity index (χ0) is 14.2. The Labute approximate surface area is 120 Å². The van der Waals surface area contributed by atoms with Gasteiger partial charge in [0.25, 0.3) is 0 Å². The molecule has 1 aromatic rings. The number of hydrogen-bond acceptors (Lipinski definition) is 3. The van der Waals surface area contributed by atoms with Gasteiger partial charge in [-0.25, -0.2) is 4.39 Å². The van der Waals surface area contributed by atoms with Crippen molar-refractivity contribution in [3.05, 3.63) is 29.6 Å². The summed E-state index contributed by atoms with van der Waals surface area (Å²) in [7, 11) is 2.11. The van der Waals surface area contributed by atoms with Crippen LogP contribution in [0.25, 0.3) is 0 Å². The summed E-state index contributed by atoms with van der Waals surface area (Å²) < 4.78 is 14.5. The number of rotatable bonds is 2. The molecule has 1 aromatic carbocycles. The minimum Gasteiger partial charge on any atom is -0.367 e. The molecule has 2 aliphatic heterocycles. The SMILES string of the molecule is CN1CCN(c2ccc(C3(C)CCCN3)cc2F)CC1. The Balaban J connectivity index is 1.81. The number of nitrogens with zero attached hydrogens (tertiary/aromatic N) is 2. The molecule has 2 aliphatic rings. The van der Waals surface area contributed by atoms with Crippen molar-refractivity contribution in [2.75, 3.05) is 44.7 Å². The molecule has 0 bridgehead atoms. The minimum atomic E-state index is -0.0815. The van der Waals surface area contributed by atoms with Crippen LogP contribution >= 0.6 is 0 Å². The first-order valence-corrected chi connectivity index (χ1v) is 7.57. The van der Waals surface area contributed by atoms with Crippen LogP contribution in [0.1, 0.15) is 25.3 Å². The molecule has 1 atom stereocenters. The van der Waals surface area contributed by atoms with Gasteiger partial charge in [0.1, 0.15) is 5.82 Å². The highest BCUT2D eigenvalue weighted by molar-refractivity contribution is 5.50. The minimum absolute atomic E-state index is 0.0541. The Kier molecular flexibility index (Phi) is 3.69. The third-order valence-electron chi connectivity index (χ3n) is 4.80. The van der Waals surface area contributed by atoms with E-state index in [-0.39, 0.29) is 11.4 Å². The zero-order valence-corrected chi connectivity index (χ0v) is 12.5. The molecule has 1 unspecified atom stereocenters. The van der Waals surface area contributed by atoms with Crippen molar-refractivity contribution in [1.29, 1.82) is 0 Å². The quantitative estimate of drug-likeness (QED) is 0.894. The van der Waals surface area contributed by atoms with Crippen molar-refractivity contribution in [2.24, 2.45) is 0 Å². The second-order valence-corrected chi connectivity index (χ2v) is 6.32. The molecule has 0 spiro atoms. The maximum atomic E-state index is 14.5. The van der Waals surface area contributed by atoms with E-state index < -0.39 is 0 Å². The molecule has 0 aromatic heterocycles. The van der Waals surface area contributed by atoms with Crippen LogP contribution < -0.4 is 10.2 Å². The summed E-state index contributed by atoms with van der Waals surface area (Å²) in [5, 5.41) is 3.49. The molecule has 2 saturated heterocycles. The van der Waals surface area contributed by atoms with E-state index >= 15 is 0 Å². The lowest BCUT2D eigenvalue weighted by atomic mass is 9.90. The summed E-state index contributed by atoms with van der Waals surface area (Å²) in [5.74, 6) is -0.0815. The Morgan fingerprint density at radius 3 is 2.55 bits per heavy atom. The topological polar surface area (TPSA) is 18.5 Å². The normalized spacial score (nSPS) is 28.1. The second-order valence-electron chi connectivity index (χ2n) is 6.32. The van der Waals surface area contributed by atoms with Crippen LogP contribution in [0.15, 0.2) is 18.2 Å². The fourth-order valence-electron chi connectivity index (χ4n) is 3.29. The fraction of sp³-hybridized carbons (Fsp3) is 0.625. The molecule has 2 fully saturated rings. The van der Waals surface area contributed by atoms with E-state index in [1.54, 1.807) is 6.07 Å². The van der Waals surface area contributed by atoms with E-state index in [0.717, 1.165) is 50.4 Å². The van der Waals surface area contributed by atoms with Gasteiger partial charge < -0.3 is 15.1 Å². The maximum Gasteiger partial charge on any atom is 0.146 e. The van der Waals surface area contributed by atoms with Gasteiger partial charge in [-0.2, -0.15) is 0 Å². The summed E-state index contributed by atoms with van der Waals surface area (Å²) in [6.07, 6.45) is 2.25. The summed E-state index contributed by atoms with van der Waals surface area (Å²) >= 11 is 0. The van der Waals surface area contributed by atoms with Crippen molar-refractivity contribution < 1.29 is 4.39 Å². The average Bonchev–Trinajstić information content (AvgIpc) is 2.88. The first-order chi connectivity index (χ1) is 9.58. The molecule has 4 heteroatoms. The molecule has 0 saturated carbocycles. The van der Waals surface area contributed by atoms with Gasteiger partial charge in [0.05, 0.1) is 5.69 Å². The lowest BCUT2D eigenvalue weighted by molar-refractivity contribution is 0.311.